The van der Waals surface area contributed by atoms with Crippen molar-refractivity contribution in [2.75, 3.05) is 0 Å². The second-order valence-electron chi connectivity index (χ2n) is 6.43. The molecule has 4 heteroatoms. The van der Waals surface area contributed by atoms with Crippen LogP contribution in [-0.4, -0.2) is 22.2 Å². The summed E-state index contributed by atoms with van der Waals surface area (Å²) in [4.78, 5) is 22.7. The Labute approximate surface area is 99.0 Å². The van der Waals surface area contributed by atoms with Gasteiger partial charge < -0.3 is 10.2 Å². The summed E-state index contributed by atoms with van der Waals surface area (Å²) < 4.78 is 0. The quantitative estimate of drug-likeness (QED) is 0.761. The number of carboxylic acids is 2. The van der Waals surface area contributed by atoms with E-state index in [4.69, 9.17) is 0 Å². The lowest BCUT2D eigenvalue weighted by Gasteiger charge is -2.31. The van der Waals surface area contributed by atoms with Gasteiger partial charge in [-0.25, -0.2) is 0 Å². The highest BCUT2D eigenvalue weighted by atomic mass is 16.4. The zero-order valence-corrected chi connectivity index (χ0v) is 9.50. The van der Waals surface area contributed by atoms with Crippen molar-refractivity contribution in [3.8, 4) is 0 Å². The Bertz CT molecular complexity index is 431. The lowest BCUT2D eigenvalue weighted by Crippen LogP contribution is -2.36. The standard InChI is InChI=1S/C13H16O4/c14-11(15)6-2-1-5-7-3-8(10(5)6)13(12(16)17)4-9(7)13/h5-10H,1-4H2,(H,14,15)(H,16,17). The van der Waals surface area contributed by atoms with Gasteiger partial charge in [0, 0.05) is 0 Å². The largest absolute Gasteiger partial charge is 0.481 e. The summed E-state index contributed by atoms with van der Waals surface area (Å²) >= 11 is 0. The number of aliphatic carboxylic acids is 2. The van der Waals surface area contributed by atoms with Crippen molar-refractivity contribution < 1.29 is 19.8 Å². The van der Waals surface area contributed by atoms with E-state index in [0.717, 1.165) is 25.7 Å². The van der Waals surface area contributed by atoms with Gasteiger partial charge in [-0.05, 0) is 55.3 Å². The summed E-state index contributed by atoms with van der Waals surface area (Å²) in [5.41, 5.74) is -0.510. The molecular formula is C13H16O4. The van der Waals surface area contributed by atoms with Crippen molar-refractivity contribution >= 4 is 11.9 Å². The zero-order chi connectivity index (χ0) is 11.9. The highest BCUT2D eigenvalue weighted by Gasteiger charge is 2.79. The lowest BCUT2D eigenvalue weighted by molar-refractivity contribution is -0.151. The second-order valence-corrected chi connectivity index (χ2v) is 6.43. The average molecular weight is 236 g/mol. The maximum Gasteiger partial charge on any atom is 0.310 e. The van der Waals surface area contributed by atoms with E-state index in [-0.39, 0.29) is 17.8 Å². The molecule has 92 valence electrons. The molecule has 7 atom stereocenters. The van der Waals surface area contributed by atoms with Crippen molar-refractivity contribution in [1.29, 1.82) is 0 Å². The summed E-state index contributed by atoms with van der Waals surface area (Å²) in [6, 6.07) is 0. The third-order valence-electron chi connectivity index (χ3n) is 6.26. The smallest absolute Gasteiger partial charge is 0.310 e. The van der Waals surface area contributed by atoms with Crippen molar-refractivity contribution in [3.63, 3.8) is 0 Å². The summed E-state index contributed by atoms with van der Waals surface area (Å²) in [6.07, 6.45) is 3.57. The van der Waals surface area contributed by atoms with Gasteiger partial charge in [-0.15, -0.1) is 0 Å². The first-order valence-electron chi connectivity index (χ1n) is 6.53. The molecule has 2 bridgehead atoms. The van der Waals surface area contributed by atoms with Gasteiger partial charge in [0.25, 0.3) is 0 Å². The third kappa shape index (κ3) is 0.893. The molecular weight excluding hydrogens is 220 g/mol. The highest BCUT2D eigenvalue weighted by Crippen LogP contribution is 2.80. The van der Waals surface area contributed by atoms with Crippen LogP contribution in [0.15, 0.2) is 0 Å². The Morgan fingerprint density at radius 3 is 2.47 bits per heavy atom. The Morgan fingerprint density at radius 1 is 1.06 bits per heavy atom. The van der Waals surface area contributed by atoms with Crippen LogP contribution in [0.25, 0.3) is 0 Å². The van der Waals surface area contributed by atoms with Crippen molar-refractivity contribution in [1.82, 2.24) is 0 Å². The van der Waals surface area contributed by atoms with Crippen molar-refractivity contribution in [3.05, 3.63) is 0 Å². The van der Waals surface area contributed by atoms with Crippen LogP contribution in [0.2, 0.25) is 0 Å². The molecule has 0 aliphatic heterocycles. The highest BCUT2D eigenvalue weighted by molar-refractivity contribution is 5.81. The van der Waals surface area contributed by atoms with Gasteiger partial charge in [0.1, 0.15) is 0 Å². The van der Waals surface area contributed by atoms with Crippen LogP contribution in [0.4, 0.5) is 0 Å². The maximum atomic E-state index is 11.5. The fourth-order valence-corrected chi connectivity index (χ4v) is 5.73. The van der Waals surface area contributed by atoms with Gasteiger partial charge in [0.2, 0.25) is 0 Å². The van der Waals surface area contributed by atoms with E-state index < -0.39 is 17.4 Å². The normalized spacial score (nSPS) is 57.6. The molecule has 7 unspecified atom stereocenters. The lowest BCUT2D eigenvalue weighted by atomic mass is 9.72. The van der Waals surface area contributed by atoms with Gasteiger partial charge in [0.15, 0.2) is 0 Å². The van der Waals surface area contributed by atoms with E-state index in [9.17, 15) is 19.8 Å². The second kappa shape index (κ2) is 2.68. The number of hydrogen-bond acceptors (Lipinski definition) is 2. The number of carbonyl (C=O) groups is 2. The zero-order valence-electron chi connectivity index (χ0n) is 9.50. The summed E-state index contributed by atoms with van der Waals surface area (Å²) in [6.45, 7) is 0. The average Bonchev–Trinajstić information content (AvgIpc) is 2.64. The van der Waals surface area contributed by atoms with E-state index in [2.05, 4.69) is 0 Å². The number of fused-ring (bicyclic) bond motifs is 8. The van der Waals surface area contributed by atoms with E-state index in [0.29, 0.717) is 17.8 Å². The molecule has 0 aromatic rings. The van der Waals surface area contributed by atoms with Gasteiger partial charge in [-0.3, -0.25) is 9.59 Å². The van der Waals surface area contributed by atoms with Crippen LogP contribution in [0, 0.1) is 40.9 Å². The summed E-state index contributed by atoms with van der Waals surface area (Å²) in [5, 5.41) is 18.7. The van der Waals surface area contributed by atoms with E-state index in [1.165, 1.54) is 0 Å². The Morgan fingerprint density at radius 2 is 1.82 bits per heavy atom. The molecule has 17 heavy (non-hydrogen) atoms. The van der Waals surface area contributed by atoms with E-state index in [1.54, 1.807) is 0 Å². The molecule has 2 N–H and O–H groups in total. The van der Waals surface area contributed by atoms with Crippen LogP contribution in [0.1, 0.15) is 25.7 Å². The maximum absolute atomic E-state index is 11.5. The first kappa shape index (κ1) is 9.92. The van der Waals surface area contributed by atoms with E-state index in [1.807, 2.05) is 0 Å². The molecule has 4 fully saturated rings. The van der Waals surface area contributed by atoms with Gasteiger partial charge in [-0.2, -0.15) is 0 Å². The predicted octanol–water partition coefficient (Wildman–Crippen LogP) is 1.45. The third-order valence-corrected chi connectivity index (χ3v) is 6.26. The minimum atomic E-state index is -0.706. The molecule has 4 rings (SSSR count). The molecule has 0 amide bonds. The molecule has 4 aliphatic rings. The first-order chi connectivity index (χ1) is 8.07. The molecule has 4 saturated carbocycles. The van der Waals surface area contributed by atoms with Gasteiger partial charge in [-0.1, -0.05) is 0 Å². The van der Waals surface area contributed by atoms with Crippen LogP contribution < -0.4 is 0 Å². The van der Waals surface area contributed by atoms with Crippen molar-refractivity contribution in [2.45, 2.75) is 25.7 Å². The van der Waals surface area contributed by atoms with Crippen LogP contribution in [0.5, 0.6) is 0 Å². The van der Waals surface area contributed by atoms with Gasteiger partial charge >= 0.3 is 11.9 Å². The minimum Gasteiger partial charge on any atom is -0.481 e. The molecule has 0 saturated heterocycles. The van der Waals surface area contributed by atoms with Crippen LogP contribution in [0.3, 0.4) is 0 Å². The van der Waals surface area contributed by atoms with Crippen LogP contribution in [-0.2, 0) is 9.59 Å². The van der Waals surface area contributed by atoms with E-state index >= 15 is 0 Å². The van der Waals surface area contributed by atoms with Crippen LogP contribution >= 0.6 is 0 Å². The molecule has 0 aromatic carbocycles. The summed E-state index contributed by atoms with van der Waals surface area (Å²) in [5.74, 6) is 0.0846. The Hall–Kier alpha value is -1.06. The Kier molecular flexibility index (Phi) is 1.56. The first-order valence-corrected chi connectivity index (χ1v) is 6.53. The fourth-order valence-electron chi connectivity index (χ4n) is 5.73. The number of hydrogen-bond donors (Lipinski definition) is 2. The summed E-state index contributed by atoms with van der Waals surface area (Å²) in [7, 11) is 0. The molecule has 0 spiro atoms. The molecule has 4 aliphatic carbocycles. The SMILES string of the molecule is O=C(O)C1CCC2C3CC(C12)C1(C(=O)O)CC31. The predicted molar refractivity (Wildman–Crippen MR) is 57.1 cm³/mol. The van der Waals surface area contributed by atoms with Crippen molar-refractivity contribution in [2.24, 2.45) is 40.9 Å². The molecule has 4 nitrogen and oxygen atoms in total. The molecule has 0 heterocycles. The number of rotatable bonds is 2. The van der Waals surface area contributed by atoms with Gasteiger partial charge in [0.05, 0.1) is 11.3 Å². The minimum absolute atomic E-state index is 0.156. The fraction of sp³-hybridized carbons (Fsp3) is 0.846. The Balaban J connectivity index is 1.73. The molecule has 0 aromatic heterocycles. The monoisotopic (exact) mass is 236 g/mol. The number of carboxylic acid groups (broad SMARTS) is 2. The molecule has 0 radical (unpaired) electrons. The topological polar surface area (TPSA) is 74.6 Å².